The van der Waals surface area contributed by atoms with Crippen LogP contribution in [0, 0.1) is 5.92 Å². The Bertz CT molecular complexity index is 350. The van der Waals surface area contributed by atoms with Gasteiger partial charge in [0.1, 0.15) is 0 Å². The van der Waals surface area contributed by atoms with Crippen LogP contribution >= 0.6 is 0 Å². The van der Waals surface area contributed by atoms with E-state index in [1.807, 2.05) is 13.2 Å². The smallest absolute Gasteiger partial charge is 0.171 e. The van der Waals surface area contributed by atoms with Crippen LogP contribution in [0.1, 0.15) is 19.8 Å². The average molecular weight is 224 g/mol. The molecule has 5 nitrogen and oxygen atoms in total. The number of nitrogens with zero attached hydrogens (tertiary/aromatic N) is 2. The lowest BCUT2D eigenvalue weighted by Crippen LogP contribution is -2.23. The maximum absolute atomic E-state index is 5.82. The van der Waals surface area contributed by atoms with E-state index in [1.165, 1.54) is 0 Å². The SMILES string of the molecule is CCC1OCCC1CNc1nn(C)cc1N. The summed E-state index contributed by atoms with van der Waals surface area (Å²) in [4.78, 5) is 0. The minimum atomic E-state index is 0.387. The van der Waals surface area contributed by atoms with Crippen LogP contribution in [0.2, 0.25) is 0 Å². The van der Waals surface area contributed by atoms with Crippen LogP contribution in [0.4, 0.5) is 11.5 Å². The van der Waals surface area contributed by atoms with Crippen LogP contribution in [0.15, 0.2) is 6.20 Å². The van der Waals surface area contributed by atoms with E-state index >= 15 is 0 Å². The van der Waals surface area contributed by atoms with Crippen molar-refractivity contribution in [3.05, 3.63) is 6.20 Å². The summed E-state index contributed by atoms with van der Waals surface area (Å²) in [7, 11) is 1.87. The van der Waals surface area contributed by atoms with E-state index in [1.54, 1.807) is 4.68 Å². The number of hydrogen-bond acceptors (Lipinski definition) is 4. The van der Waals surface area contributed by atoms with Gasteiger partial charge in [-0.1, -0.05) is 6.92 Å². The number of anilines is 2. The highest BCUT2D eigenvalue weighted by Crippen LogP contribution is 2.24. The zero-order valence-electron chi connectivity index (χ0n) is 9.94. The quantitative estimate of drug-likeness (QED) is 0.807. The van der Waals surface area contributed by atoms with Crippen LogP contribution in [0.25, 0.3) is 0 Å². The fourth-order valence-electron chi connectivity index (χ4n) is 2.25. The highest BCUT2D eigenvalue weighted by atomic mass is 16.5. The summed E-state index contributed by atoms with van der Waals surface area (Å²) in [6.07, 6.45) is 4.39. The number of hydrogen-bond donors (Lipinski definition) is 2. The second-order valence-corrected chi connectivity index (χ2v) is 4.35. The third-order valence-corrected chi connectivity index (χ3v) is 3.14. The van der Waals surface area contributed by atoms with Gasteiger partial charge in [-0.25, -0.2) is 0 Å². The van der Waals surface area contributed by atoms with Crippen LogP contribution in [0.3, 0.4) is 0 Å². The first-order valence-corrected chi connectivity index (χ1v) is 5.85. The van der Waals surface area contributed by atoms with E-state index in [9.17, 15) is 0 Å². The Hall–Kier alpha value is -1.23. The molecule has 1 saturated heterocycles. The molecule has 2 atom stereocenters. The van der Waals surface area contributed by atoms with Gasteiger partial charge in [0.05, 0.1) is 11.8 Å². The van der Waals surface area contributed by atoms with Crippen LogP contribution in [-0.2, 0) is 11.8 Å². The first-order valence-electron chi connectivity index (χ1n) is 5.85. The first kappa shape index (κ1) is 11.3. The van der Waals surface area contributed by atoms with Gasteiger partial charge in [-0.3, -0.25) is 4.68 Å². The Morgan fingerprint density at radius 2 is 2.50 bits per heavy atom. The lowest BCUT2D eigenvalue weighted by Gasteiger charge is -2.17. The van der Waals surface area contributed by atoms with Crippen LogP contribution in [0.5, 0.6) is 0 Å². The van der Waals surface area contributed by atoms with E-state index in [2.05, 4.69) is 17.3 Å². The predicted molar refractivity (Wildman–Crippen MR) is 64.2 cm³/mol. The molecule has 3 N–H and O–H groups in total. The lowest BCUT2D eigenvalue weighted by atomic mass is 10.00. The molecule has 2 rings (SSSR count). The number of aromatic nitrogens is 2. The van der Waals surface area contributed by atoms with Gasteiger partial charge in [-0.05, 0) is 12.8 Å². The summed E-state index contributed by atoms with van der Waals surface area (Å²) in [5, 5.41) is 7.56. The van der Waals surface area contributed by atoms with E-state index in [0.29, 0.717) is 17.7 Å². The van der Waals surface area contributed by atoms with Gasteiger partial charge >= 0.3 is 0 Å². The van der Waals surface area contributed by atoms with Crippen molar-refractivity contribution < 1.29 is 4.74 Å². The number of ether oxygens (including phenoxy) is 1. The summed E-state index contributed by atoms with van der Waals surface area (Å²) < 4.78 is 7.36. The predicted octanol–water partition coefficient (Wildman–Crippen LogP) is 1.23. The van der Waals surface area contributed by atoms with Gasteiger partial charge < -0.3 is 15.8 Å². The average Bonchev–Trinajstić information content (AvgIpc) is 2.81. The molecular formula is C11H20N4O. The molecule has 2 heterocycles. The third kappa shape index (κ3) is 2.29. The number of rotatable bonds is 4. The van der Waals surface area contributed by atoms with Crippen molar-refractivity contribution >= 4 is 11.5 Å². The molecular weight excluding hydrogens is 204 g/mol. The molecule has 1 aliphatic heterocycles. The molecule has 0 amide bonds. The van der Waals surface area contributed by atoms with Crippen LogP contribution < -0.4 is 11.1 Å². The molecule has 1 fully saturated rings. The molecule has 5 heteroatoms. The van der Waals surface area contributed by atoms with Crippen molar-refractivity contribution in [2.45, 2.75) is 25.9 Å². The van der Waals surface area contributed by atoms with Crippen molar-refractivity contribution in [2.75, 3.05) is 24.2 Å². The molecule has 0 radical (unpaired) electrons. The molecule has 1 aromatic heterocycles. The van der Waals surface area contributed by atoms with Crippen molar-refractivity contribution in [3.63, 3.8) is 0 Å². The number of nitrogens with two attached hydrogens (primary N) is 1. The van der Waals surface area contributed by atoms with E-state index in [-0.39, 0.29) is 0 Å². The second-order valence-electron chi connectivity index (χ2n) is 4.35. The Morgan fingerprint density at radius 1 is 1.69 bits per heavy atom. The van der Waals surface area contributed by atoms with E-state index in [4.69, 9.17) is 10.5 Å². The lowest BCUT2D eigenvalue weighted by molar-refractivity contribution is 0.0900. The fourth-order valence-corrected chi connectivity index (χ4v) is 2.25. The molecule has 1 aliphatic rings. The van der Waals surface area contributed by atoms with Crippen molar-refractivity contribution in [1.82, 2.24) is 9.78 Å². The Balaban J connectivity index is 1.89. The van der Waals surface area contributed by atoms with Gasteiger partial charge in [-0.2, -0.15) is 5.10 Å². The topological polar surface area (TPSA) is 65.1 Å². The molecule has 0 saturated carbocycles. The van der Waals surface area contributed by atoms with E-state index < -0.39 is 0 Å². The summed E-state index contributed by atoms with van der Waals surface area (Å²) in [5.74, 6) is 1.36. The molecule has 16 heavy (non-hydrogen) atoms. The van der Waals surface area contributed by atoms with E-state index in [0.717, 1.165) is 31.8 Å². The minimum absolute atomic E-state index is 0.387. The first-order chi connectivity index (χ1) is 7.70. The minimum Gasteiger partial charge on any atom is -0.394 e. The zero-order chi connectivity index (χ0) is 11.5. The van der Waals surface area contributed by atoms with Crippen molar-refractivity contribution in [2.24, 2.45) is 13.0 Å². The summed E-state index contributed by atoms with van der Waals surface area (Å²) in [6.45, 7) is 3.93. The highest BCUT2D eigenvalue weighted by molar-refractivity contribution is 5.59. The summed E-state index contributed by atoms with van der Waals surface area (Å²) in [5.41, 5.74) is 6.52. The zero-order valence-corrected chi connectivity index (χ0v) is 9.94. The second kappa shape index (κ2) is 4.74. The number of aryl methyl sites for hydroxylation is 1. The Labute approximate surface area is 96.0 Å². The molecule has 0 spiro atoms. The Kier molecular flexibility index (Phi) is 3.33. The number of nitrogens with one attached hydrogen (secondary N) is 1. The van der Waals surface area contributed by atoms with Crippen molar-refractivity contribution in [1.29, 1.82) is 0 Å². The largest absolute Gasteiger partial charge is 0.394 e. The molecule has 0 aromatic carbocycles. The van der Waals surface area contributed by atoms with Gasteiger partial charge in [-0.15, -0.1) is 0 Å². The Morgan fingerprint density at radius 3 is 3.12 bits per heavy atom. The summed E-state index contributed by atoms with van der Waals surface area (Å²) in [6, 6.07) is 0. The molecule has 0 aliphatic carbocycles. The van der Waals surface area contributed by atoms with Gasteiger partial charge in [0.2, 0.25) is 0 Å². The van der Waals surface area contributed by atoms with Gasteiger partial charge in [0.25, 0.3) is 0 Å². The molecule has 2 unspecified atom stereocenters. The third-order valence-electron chi connectivity index (χ3n) is 3.14. The maximum atomic E-state index is 5.82. The van der Waals surface area contributed by atoms with Gasteiger partial charge in [0.15, 0.2) is 5.82 Å². The monoisotopic (exact) mass is 224 g/mol. The molecule has 1 aromatic rings. The summed E-state index contributed by atoms with van der Waals surface area (Å²) >= 11 is 0. The fraction of sp³-hybridized carbons (Fsp3) is 0.727. The van der Waals surface area contributed by atoms with Crippen LogP contribution in [-0.4, -0.2) is 29.0 Å². The van der Waals surface area contributed by atoms with Crippen molar-refractivity contribution in [3.8, 4) is 0 Å². The maximum Gasteiger partial charge on any atom is 0.171 e. The molecule has 0 bridgehead atoms. The standard InChI is InChI=1S/C11H20N4O/c1-3-10-8(4-5-16-10)6-13-11-9(12)7-15(2)14-11/h7-8,10H,3-6,12H2,1-2H3,(H,13,14). The van der Waals surface area contributed by atoms with Gasteiger partial charge in [0, 0.05) is 32.3 Å². The normalized spacial score (nSPS) is 24.9. The highest BCUT2D eigenvalue weighted by Gasteiger charge is 2.26. The molecule has 90 valence electrons. The number of nitrogen functional groups attached to an aromatic ring is 1.